The Labute approximate surface area is 169 Å². The first kappa shape index (κ1) is 18.7. The number of pyridine rings is 1. The zero-order chi connectivity index (χ0) is 20.5. The molecule has 4 rings (SSSR count). The van der Waals surface area contributed by atoms with Crippen molar-refractivity contribution in [1.82, 2.24) is 4.98 Å². The van der Waals surface area contributed by atoms with Crippen LogP contribution in [0.4, 0.5) is 5.69 Å². The second-order valence-electron chi connectivity index (χ2n) is 7.33. The molecule has 0 aliphatic rings. The maximum atomic E-state index is 11.4. The Morgan fingerprint density at radius 1 is 1.03 bits per heavy atom. The highest BCUT2D eigenvalue weighted by Gasteiger charge is 2.17. The van der Waals surface area contributed by atoms with Crippen molar-refractivity contribution in [3.05, 3.63) is 72.5 Å². The van der Waals surface area contributed by atoms with E-state index in [0.717, 1.165) is 27.7 Å². The summed E-state index contributed by atoms with van der Waals surface area (Å²) < 4.78 is 5.84. The van der Waals surface area contributed by atoms with E-state index in [1.807, 2.05) is 49.5 Å². The summed E-state index contributed by atoms with van der Waals surface area (Å²) >= 11 is 0. The van der Waals surface area contributed by atoms with Gasteiger partial charge >= 0.3 is 5.97 Å². The monoisotopic (exact) mass is 386 g/mol. The fourth-order valence-electron chi connectivity index (χ4n) is 3.29. The van der Waals surface area contributed by atoms with Crippen LogP contribution in [0.1, 0.15) is 24.2 Å². The number of carboxylic acids is 1. The number of anilines is 1. The van der Waals surface area contributed by atoms with Crippen molar-refractivity contribution in [2.24, 2.45) is 0 Å². The predicted molar refractivity (Wildman–Crippen MR) is 115 cm³/mol. The molecule has 0 radical (unpaired) electrons. The van der Waals surface area contributed by atoms with Gasteiger partial charge in [-0.15, -0.1) is 0 Å². The number of fused-ring (bicyclic) bond motifs is 1. The highest BCUT2D eigenvalue weighted by Crippen LogP contribution is 2.34. The van der Waals surface area contributed by atoms with E-state index >= 15 is 0 Å². The van der Waals surface area contributed by atoms with Gasteiger partial charge in [0.2, 0.25) is 0 Å². The molecule has 5 heteroatoms. The molecule has 29 heavy (non-hydrogen) atoms. The Kier molecular flexibility index (Phi) is 4.80. The summed E-state index contributed by atoms with van der Waals surface area (Å²) in [6.07, 6.45) is 1.73. The minimum absolute atomic E-state index is 0.235. The smallest absolute Gasteiger partial charge is 0.335 e. The number of hydrogen-bond acceptors (Lipinski definition) is 4. The summed E-state index contributed by atoms with van der Waals surface area (Å²) in [6.45, 7) is 4.18. The standard InChI is InChI=1S/C24H22N2O3/c1-15(2)26(3)22-13-21(25-20-10-9-17(24(27)28)11-19(20)22)23-12-18(14-29-23)16-7-5-4-6-8-16/h4-15H,1-3H3,(H,27,28). The normalized spacial score (nSPS) is 11.2. The van der Waals surface area contributed by atoms with Gasteiger partial charge in [0.25, 0.3) is 0 Å². The summed E-state index contributed by atoms with van der Waals surface area (Å²) in [5.74, 6) is -0.279. The molecule has 0 saturated carbocycles. The van der Waals surface area contributed by atoms with Crippen LogP contribution in [0.2, 0.25) is 0 Å². The molecule has 0 spiro atoms. The molecular formula is C24H22N2O3. The van der Waals surface area contributed by atoms with Gasteiger partial charge in [-0.3, -0.25) is 0 Å². The van der Waals surface area contributed by atoms with Crippen molar-refractivity contribution in [2.45, 2.75) is 19.9 Å². The number of carboxylic acid groups (broad SMARTS) is 1. The molecule has 4 aromatic rings. The highest BCUT2D eigenvalue weighted by molar-refractivity contribution is 5.99. The van der Waals surface area contributed by atoms with Gasteiger partial charge in [-0.1, -0.05) is 30.3 Å². The second kappa shape index (κ2) is 7.43. The molecule has 5 nitrogen and oxygen atoms in total. The van der Waals surface area contributed by atoms with Gasteiger partial charge in [0, 0.05) is 29.7 Å². The van der Waals surface area contributed by atoms with Crippen molar-refractivity contribution in [3.63, 3.8) is 0 Å². The fourth-order valence-corrected chi connectivity index (χ4v) is 3.29. The number of furan rings is 1. The average molecular weight is 386 g/mol. The van der Waals surface area contributed by atoms with Crippen LogP contribution in [-0.4, -0.2) is 29.1 Å². The lowest BCUT2D eigenvalue weighted by Crippen LogP contribution is -2.26. The van der Waals surface area contributed by atoms with E-state index in [1.165, 1.54) is 0 Å². The van der Waals surface area contributed by atoms with E-state index in [1.54, 1.807) is 24.5 Å². The first-order chi connectivity index (χ1) is 13.9. The van der Waals surface area contributed by atoms with Crippen molar-refractivity contribution >= 4 is 22.6 Å². The molecule has 146 valence electrons. The largest absolute Gasteiger partial charge is 0.478 e. The Bertz CT molecular complexity index is 1180. The lowest BCUT2D eigenvalue weighted by atomic mass is 10.1. The van der Waals surface area contributed by atoms with Crippen LogP contribution < -0.4 is 4.90 Å². The number of benzene rings is 2. The quantitative estimate of drug-likeness (QED) is 0.476. The molecule has 0 saturated heterocycles. The first-order valence-electron chi connectivity index (χ1n) is 9.49. The third-order valence-electron chi connectivity index (χ3n) is 5.15. The van der Waals surface area contributed by atoms with Gasteiger partial charge in [-0.25, -0.2) is 9.78 Å². The SMILES string of the molecule is CC(C)N(C)c1cc(-c2cc(-c3ccccc3)co2)nc2ccc(C(=O)O)cc12. The molecule has 2 aromatic heterocycles. The van der Waals surface area contributed by atoms with Crippen LogP contribution in [0, 0.1) is 0 Å². The van der Waals surface area contributed by atoms with E-state index in [-0.39, 0.29) is 11.6 Å². The molecule has 0 atom stereocenters. The third-order valence-corrected chi connectivity index (χ3v) is 5.15. The Balaban J connectivity index is 1.87. The van der Waals surface area contributed by atoms with E-state index in [9.17, 15) is 9.90 Å². The average Bonchev–Trinajstić information content (AvgIpc) is 3.23. The Morgan fingerprint density at radius 2 is 1.79 bits per heavy atom. The first-order valence-corrected chi connectivity index (χ1v) is 9.49. The van der Waals surface area contributed by atoms with E-state index in [4.69, 9.17) is 9.40 Å². The second-order valence-corrected chi connectivity index (χ2v) is 7.33. The zero-order valence-corrected chi connectivity index (χ0v) is 16.6. The van der Waals surface area contributed by atoms with Crippen molar-refractivity contribution in [3.8, 4) is 22.6 Å². The van der Waals surface area contributed by atoms with Crippen molar-refractivity contribution < 1.29 is 14.3 Å². The third kappa shape index (κ3) is 3.59. The number of aromatic carboxylic acids is 1. The Hall–Kier alpha value is -3.60. The summed E-state index contributed by atoms with van der Waals surface area (Å²) in [5.41, 5.74) is 4.67. The van der Waals surface area contributed by atoms with Gasteiger partial charge in [0.1, 0.15) is 5.69 Å². The number of hydrogen-bond donors (Lipinski definition) is 1. The highest BCUT2D eigenvalue weighted by atomic mass is 16.4. The van der Waals surface area contributed by atoms with Crippen LogP contribution in [0.25, 0.3) is 33.5 Å². The summed E-state index contributed by atoms with van der Waals surface area (Å²) in [4.78, 5) is 18.3. The molecule has 0 bridgehead atoms. The number of rotatable bonds is 5. The number of nitrogens with zero attached hydrogens (tertiary/aromatic N) is 2. The van der Waals surface area contributed by atoms with Crippen LogP contribution in [-0.2, 0) is 0 Å². The van der Waals surface area contributed by atoms with Crippen LogP contribution in [0.3, 0.4) is 0 Å². The molecular weight excluding hydrogens is 364 g/mol. The van der Waals surface area contributed by atoms with Crippen molar-refractivity contribution in [2.75, 3.05) is 11.9 Å². The molecule has 2 aromatic carbocycles. The lowest BCUT2D eigenvalue weighted by Gasteiger charge is -2.25. The fraction of sp³-hybridized carbons (Fsp3) is 0.167. The molecule has 0 unspecified atom stereocenters. The summed E-state index contributed by atoms with van der Waals surface area (Å²) in [7, 11) is 1.99. The van der Waals surface area contributed by atoms with E-state index in [0.29, 0.717) is 11.5 Å². The maximum absolute atomic E-state index is 11.4. The van der Waals surface area contributed by atoms with Gasteiger partial charge < -0.3 is 14.4 Å². The van der Waals surface area contributed by atoms with Crippen LogP contribution >= 0.6 is 0 Å². The minimum Gasteiger partial charge on any atom is -0.478 e. The Morgan fingerprint density at radius 3 is 2.48 bits per heavy atom. The van der Waals surface area contributed by atoms with E-state index in [2.05, 4.69) is 18.7 Å². The van der Waals surface area contributed by atoms with Gasteiger partial charge in [-0.2, -0.15) is 0 Å². The van der Waals surface area contributed by atoms with Crippen LogP contribution in [0.15, 0.2) is 71.3 Å². The molecule has 0 aliphatic carbocycles. The maximum Gasteiger partial charge on any atom is 0.335 e. The molecule has 1 N–H and O–H groups in total. The van der Waals surface area contributed by atoms with Crippen molar-refractivity contribution in [1.29, 1.82) is 0 Å². The summed E-state index contributed by atoms with van der Waals surface area (Å²) in [5, 5.41) is 10.2. The van der Waals surface area contributed by atoms with Gasteiger partial charge in [-0.05, 0) is 49.7 Å². The molecule has 0 aliphatic heterocycles. The van der Waals surface area contributed by atoms with Gasteiger partial charge in [0.05, 0.1) is 17.3 Å². The molecule has 0 amide bonds. The van der Waals surface area contributed by atoms with Gasteiger partial charge in [0.15, 0.2) is 5.76 Å². The molecule has 0 fully saturated rings. The van der Waals surface area contributed by atoms with E-state index < -0.39 is 5.97 Å². The number of aromatic nitrogens is 1. The predicted octanol–water partition coefficient (Wildman–Crippen LogP) is 5.70. The summed E-state index contributed by atoms with van der Waals surface area (Å²) in [6, 6.07) is 19.2. The topological polar surface area (TPSA) is 66.6 Å². The minimum atomic E-state index is -0.951. The zero-order valence-electron chi connectivity index (χ0n) is 16.6. The number of carbonyl (C=O) groups is 1. The molecule has 2 heterocycles. The lowest BCUT2D eigenvalue weighted by molar-refractivity contribution is 0.0697. The van der Waals surface area contributed by atoms with Crippen LogP contribution in [0.5, 0.6) is 0 Å².